The van der Waals surface area contributed by atoms with Crippen molar-refractivity contribution in [2.45, 2.75) is 19.1 Å². The number of hydrogen-bond acceptors (Lipinski definition) is 4. The summed E-state index contributed by atoms with van der Waals surface area (Å²) in [5, 5.41) is 18.9. The molecule has 2 heterocycles. The molecule has 3 N–H and O–H groups in total. The van der Waals surface area contributed by atoms with Crippen LogP contribution in [0.3, 0.4) is 0 Å². The third-order valence-electron chi connectivity index (χ3n) is 3.55. The minimum atomic E-state index is -1.28. The standard InChI is InChI=1S/C17H18N2O3S/c1-17(21,15-9-12-5-2-3-7-14(12)22-15)11-19-16(20)18-10-13-6-4-8-23-13/h2-9,21H,10-11H2,1H3,(H2,18,19,20)/t17-/m1/s1. The molecule has 120 valence electrons. The summed E-state index contributed by atoms with van der Waals surface area (Å²) in [6.07, 6.45) is 0. The maximum Gasteiger partial charge on any atom is 0.315 e. The van der Waals surface area contributed by atoms with Gasteiger partial charge >= 0.3 is 6.03 Å². The number of carbonyl (C=O) groups excluding carboxylic acids is 1. The molecule has 0 saturated heterocycles. The monoisotopic (exact) mass is 330 g/mol. The van der Waals surface area contributed by atoms with E-state index in [4.69, 9.17) is 4.42 Å². The highest BCUT2D eigenvalue weighted by Gasteiger charge is 2.28. The molecule has 3 rings (SSSR count). The van der Waals surface area contributed by atoms with E-state index >= 15 is 0 Å². The number of fused-ring (bicyclic) bond motifs is 1. The maximum absolute atomic E-state index is 11.8. The number of thiophene rings is 1. The van der Waals surface area contributed by atoms with Crippen LogP contribution >= 0.6 is 11.3 Å². The highest BCUT2D eigenvalue weighted by atomic mass is 32.1. The van der Waals surface area contributed by atoms with E-state index in [1.807, 2.05) is 41.8 Å². The molecule has 2 aromatic heterocycles. The Morgan fingerprint density at radius 3 is 2.83 bits per heavy atom. The Labute approximate surface area is 137 Å². The minimum Gasteiger partial charge on any atom is -0.458 e. The highest BCUT2D eigenvalue weighted by Crippen LogP contribution is 2.27. The molecule has 3 aromatic rings. The van der Waals surface area contributed by atoms with Crippen molar-refractivity contribution in [3.63, 3.8) is 0 Å². The summed E-state index contributed by atoms with van der Waals surface area (Å²) in [4.78, 5) is 12.9. The molecule has 0 aliphatic carbocycles. The van der Waals surface area contributed by atoms with Crippen LogP contribution < -0.4 is 10.6 Å². The average Bonchev–Trinajstić information content (AvgIpc) is 3.20. The number of carbonyl (C=O) groups is 1. The molecule has 0 saturated carbocycles. The second kappa shape index (κ2) is 6.44. The predicted molar refractivity (Wildman–Crippen MR) is 90.3 cm³/mol. The summed E-state index contributed by atoms with van der Waals surface area (Å²) in [6.45, 7) is 2.14. The molecule has 1 aromatic carbocycles. The average molecular weight is 330 g/mol. The van der Waals surface area contributed by atoms with Gasteiger partial charge in [-0.1, -0.05) is 24.3 Å². The molecule has 5 nitrogen and oxygen atoms in total. The van der Waals surface area contributed by atoms with Crippen LogP contribution in [-0.2, 0) is 12.1 Å². The third-order valence-corrected chi connectivity index (χ3v) is 4.43. The number of nitrogens with one attached hydrogen (secondary N) is 2. The van der Waals surface area contributed by atoms with Gasteiger partial charge in [0, 0.05) is 10.3 Å². The molecule has 0 spiro atoms. The van der Waals surface area contributed by atoms with Crippen molar-refractivity contribution in [1.29, 1.82) is 0 Å². The Morgan fingerprint density at radius 1 is 1.26 bits per heavy atom. The normalized spacial score (nSPS) is 13.7. The fraction of sp³-hybridized carbons (Fsp3) is 0.235. The zero-order chi connectivity index (χ0) is 16.3. The number of hydrogen-bond donors (Lipinski definition) is 3. The zero-order valence-corrected chi connectivity index (χ0v) is 13.5. The van der Waals surface area contributed by atoms with Crippen molar-refractivity contribution in [3.05, 3.63) is 58.5 Å². The van der Waals surface area contributed by atoms with Crippen LogP contribution in [0.4, 0.5) is 4.79 Å². The summed E-state index contributed by atoms with van der Waals surface area (Å²) >= 11 is 1.58. The second-order valence-electron chi connectivity index (χ2n) is 5.54. The number of furan rings is 1. The Hall–Kier alpha value is -2.31. The second-order valence-corrected chi connectivity index (χ2v) is 6.57. The molecule has 1 atom stereocenters. The van der Waals surface area contributed by atoms with E-state index in [0.29, 0.717) is 17.9 Å². The van der Waals surface area contributed by atoms with Gasteiger partial charge in [0.25, 0.3) is 0 Å². The lowest BCUT2D eigenvalue weighted by molar-refractivity contribution is 0.0383. The lowest BCUT2D eigenvalue weighted by Gasteiger charge is -2.21. The smallest absolute Gasteiger partial charge is 0.315 e. The van der Waals surface area contributed by atoms with Crippen LogP contribution in [-0.4, -0.2) is 17.7 Å². The van der Waals surface area contributed by atoms with Crippen molar-refractivity contribution in [1.82, 2.24) is 10.6 Å². The molecule has 0 bridgehead atoms. The Bertz CT molecular complexity index is 760. The Kier molecular flexibility index (Phi) is 4.36. The molecule has 2 amide bonds. The van der Waals surface area contributed by atoms with Crippen LogP contribution in [0.2, 0.25) is 0 Å². The lowest BCUT2D eigenvalue weighted by Crippen LogP contribution is -2.43. The molecule has 0 fully saturated rings. The number of aliphatic hydroxyl groups is 1. The van der Waals surface area contributed by atoms with Gasteiger partial charge < -0.3 is 20.2 Å². The first-order valence-corrected chi connectivity index (χ1v) is 8.18. The molecule has 0 aliphatic heterocycles. The number of para-hydroxylation sites is 1. The molecular weight excluding hydrogens is 312 g/mol. The zero-order valence-electron chi connectivity index (χ0n) is 12.7. The van der Waals surface area contributed by atoms with Gasteiger partial charge in [-0.05, 0) is 30.5 Å². The van der Waals surface area contributed by atoms with Gasteiger partial charge in [-0.2, -0.15) is 0 Å². The maximum atomic E-state index is 11.8. The van der Waals surface area contributed by atoms with Crippen molar-refractivity contribution < 1.29 is 14.3 Å². The Balaban J connectivity index is 1.58. The number of urea groups is 1. The number of amides is 2. The van der Waals surface area contributed by atoms with E-state index in [-0.39, 0.29) is 12.6 Å². The van der Waals surface area contributed by atoms with Crippen molar-refractivity contribution >= 4 is 28.3 Å². The van der Waals surface area contributed by atoms with Crippen LogP contribution in [0.25, 0.3) is 11.0 Å². The minimum absolute atomic E-state index is 0.0586. The predicted octanol–water partition coefficient (Wildman–Crippen LogP) is 3.20. The van der Waals surface area contributed by atoms with Crippen molar-refractivity contribution in [3.8, 4) is 0 Å². The van der Waals surface area contributed by atoms with Gasteiger partial charge in [0.2, 0.25) is 0 Å². The summed E-state index contributed by atoms with van der Waals surface area (Å²) < 4.78 is 5.66. The van der Waals surface area contributed by atoms with E-state index in [0.717, 1.165) is 10.3 Å². The first-order valence-electron chi connectivity index (χ1n) is 7.30. The van der Waals surface area contributed by atoms with Crippen LogP contribution in [0.15, 0.2) is 52.3 Å². The molecule has 23 heavy (non-hydrogen) atoms. The fourth-order valence-electron chi connectivity index (χ4n) is 2.23. The van der Waals surface area contributed by atoms with Gasteiger partial charge in [0.1, 0.15) is 16.9 Å². The lowest BCUT2D eigenvalue weighted by atomic mass is 10.0. The van der Waals surface area contributed by atoms with E-state index in [2.05, 4.69) is 10.6 Å². The van der Waals surface area contributed by atoms with Crippen molar-refractivity contribution in [2.24, 2.45) is 0 Å². The van der Waals surface area contributed by atoms with Crippen LogP contribution in [0.1, 0.15) is 17.6 Å². The van der Waals surface area contributed by atoms with Gasteiger partial charge in [-0.3, -0.25) is 0 Å². The van der Waals surface area contributed by atoms with E-state index in [1.54, 1.807) is 24.3 Å². The van der Waals surface area contributed by atoms with Gasteiger partial charge in [-0.15, -0.1) is 11.3 Å². The number of benzene rings is 1. The number of rotatable bonds is 5. The summed E-state index contributed by atoms with van der Waals surface area (Å²) in [5.41, 5.74) is -0.566. The molecule has 6 heteroatoms. The molecule has 0 aliphatic rings. The fourth-order valence-corrected chi connectivity index (χ4v) is 2.87. The summed E-state index contributed by atoms with van der Waals surface area (Å²) in [5.74, 6) is 0.428. The third kappa shape index (κ3) is 3.72. The van der Waals surface area contributed by atoms with Gasteiger partial charge in [0.15, 0.2) is 0 Å². The van der Waals surface area contributed by atoms with E-state index < -0.39 is 5.60 Å². The molecule has 0 unspecified atom stereocenters. The highest BCUT2D eigenvalue weighted by molar-refractivity contribution is 7.09. The topological polar surface area (TPSA) is 74.5 Å². The first kappa shape index (κ1) is 15.6. The SMILES string of the molecule is C[C@@](O)(CNC(=O)NCc1cccs1)c1cc2ccccc2o1. The van der Waals surface area contributed by atoms with Crippen LogP contribution in [0, 0.1) is 0 Å². The van der Waals surface area contributed by atoms with Gasteiger partial charge in [0.05, 0.1) is 13.1 Å². The van der Waals surface area contributed by atoms with Crippen LogP contribution in [0.5, 0.6) is 0 Å². The largest absolute Gasteiger partial charge is 0.458 e. The molecule has 0 radical (unpaired) electrons. The van der Waals surface area contributed by atoms with Gasteiger partial charge in [-0.25, -0.2) is 4.79 Å². The van der Waals surface area contributed by atoms with E-state index in [9.17, 15) is 9.90 Å². The Morgan fingerprint density at radius 2 is 2.09 bits per heavy atom. The first-order chi connectivity index (χ1) is 11.0. The molecular formula is C17H18N2O3S. The quantitative estimate of drug-likeness (QED) is 0.672. The van der Waals surface area contributed by atoms with E-state index in [1.165, 1.54) is 0 Å². The summed E-state index contributed by atoms with van der Waals surface area (Å²) in [6, 6.07) is 12.9. The van der Waals surface area contributed by atoms with Crippen molar-refractivity contribution in [2.75, 3.05) is 6.54 Å². The summed E-state index contributed by atoms with van der Waals surface area (Å²) in [7, 11) is 0.